The number of aromatic nitrogens is 3. The lowest BCUT2D eigenvalue weighted by Gasteiger charge is -2.13. The smallest absolute Gasteiger partial charge is 0.154 e. The molecule has 4 rings (SSSR count). The summed E-state index contributed by atoms with van der Waals surface area (Å²) >= 11 is 0. The molecule has 0 saturated carbocycles. The van der Waals surface area contributed by atoms with Crippen molar-refractivity contribution in [1.82, 2.24) is 14.6 Å². The van der Waals surface area contributed by atoms with Gasteiger partial charge in [-0.05, 0) is 30.3 Å². The molecule has 0 saturated heterocycles. The molecule has 0 fully saturated rings. The average molecular weight is 304 g/mol. The number of benzene rings is 1. The molecule has 3 aromatic heterocycles. The van der Waals surface area contributed by atoms with Crippen molar-refractivity contribution >= 4 is 11.3 Å². The third-order valence-electron chi connectivity index (χ3n) is 3.84. The van der Waals surface area contributed by atoms with Crippen LogP contribution in [0.25, 0.3) is 28.2 Å². The van der Waals surface area contributed by atoms with E-state index in [1.165, 1.54) is 0 Å². The van der Waals surface area contributed by atoms with Gasteiger partial charge in [-0.2, -0.15) is 5.10 Å². The van der Waals surface area contributed by atoms with E-state index in [0.29, 0.717) is 0 Å². The van der Waals surface area contributed by atoms with Gasteiger partial charge < -0.3 is 9.32 Å². The summed E-state index contributed by atoms with van der Waals surface area (Å²) in [6.45, 7) is 0. The van der Waals surface area contributed by atoms with Gasteiger partial charge in [0.25, 0.3) is 0 Å². The van der Waals surface area contributed by atoms with Crippen LogP contribution in [0.1, 0.15) is 0 Å². The predicted octanol–water partition coefficient (Wildman–Crippen LogP) is 3.72. The summed E-state index contributed by atoms with van der Waals surface area (Å²) in [6.07, 6.45) is 5.16. The van der Waals surface area contributed by atoms with Gasteiger partial charge in [-0.25, -0.2) is 9.50 Å². The Morgan fingerprint density at radius 1 is 1.04 bits per heavy atom. The summed E-state index contributed by atoms with van der Waals surface area (Å²) in [6, 6.07) is 14.2. The molecular formula is C18H16N4O. The van der Waals surface area contributed by atoms with E-state index in [-0.39, 0.29) is 0 Å². The Bertz CT molecular complexity index is 954. The maximum atomic E-state index is 5.17. The van der Waals surface area contributed by atoms with Crippen LogP contribution in [-0.4, -0.2) is 28.7 Å². The largest absolute Gasteiger partial charge is 0.472 e. The molecule has 23 heavy (non-hydrogen) atoms. The van der Waals surface area contributed by atoms with Crippen molar-refractivity contribution < 1.29 is 4.42 Å². The SMILES string of the molecule is CN(C)c1cccc(-c2ccc3ncc(-c4ccoc4)n3n2)c1. The summed E-state index contributed by atoms with van der Waals surface area (Å²) in [5.41, 5.74) is 5.82. The fourth-order valence-corrected chi connectivity index (χ4v) is 2.58. The van der Waals surface area contributed by atoms with Crippen molar-refractivity contribution in [2.45, 2.75) is 0 Å². The molecule has 0 aliphatic carbocycles. The van der Waals surface area contributed by atoms with Crippen LogP contribution in [0.4, 0.5) is 5.69 Å². The first kappa shape index (κ1) is 13.6. The highest BCUT2D eigenvalue weighted by molar-refractivity contribution is 5.68. The van der Waals surface area contributed by atoms with Crippen LogP contribution in [-0.2, 0) is 0 Å². The molecule has 0 amide bonds. The average Bonchev–Trinajstić information content (AvgIpc) is 3.23. The Hall–Kier alpha value is -3.08. The maximum Gasteiger partial charge on any atom is 0.154 e. The van der Waals surface area contributed by atoms with Gasteiger partial charge in [-0.3, -0.25) is 0 Å². The fourth-order valence-electron chi connectivity index (χ4n) is 2.58. The van der Waals surface area contributed by atoms with Crippen LogP contribution in [0.2, 0.25) is 0 Å². The topological polar surface area (TPSA) is 46.6 Å². The third-order valence-corrected chi connectivity index (χ3v) is 3.84. The molecule has 0 bridgehead atoms. The Labute approximate surface area is 133 Å². The van der Waals surface area contributed by atoms with Crippen molar-refractivity contribution in [1.29, 1.82) is 0 Å². The van der Waals surface area contributed by atoms with Crippen LogP contribution < -0.4 is 4.90 Å². The van der Waals surface area contributed by atoms with Gasteiger partial charge in [0.15, 0.2) is 5.65 Å². The number of hydrogen-bond donors (Lipinski definition) is 0. The zero-order valence-corrected chi connectivity index (χ0v) is 13.0. The van der Waals surface area contributed by atoms with E-state index >= 15 is 0 Å². The molecule has 4 aromatic rings. The minimum Gasteiger partial charge on any atom is -0.472 e. The summed E-state index contributed by atoms with van der Waals surface area (Å²) in [5, 5.41) is 4.76. The summed E-state index contributed by atoms with van der Waals surface area (Å²) in [4.78, 5) is 6.49. The number of hydrogen-bond acceptors (Lipinski definition) is 4. The molecule has 0 N–H and O–H groups in total. The van der Waals surface area contributed by atoms with Gasteiger partial charge in [0.2, 0.25) is 0 Å². The van der Waals surface area contributed by atoms with Crippen molar-refractivity contribution in [2.24, 2.45) is 0 Å². The van der Waals surface area contributed by atoms with Crippen LogP contribution in [0.3, 0.4) is 0 Å². The maximum absolute atomic E-state index is 5.17. The van der Waals surface area contributed by atoms with Gasteiger partial charge in [0, 0.05) is 30.9 Å². The Morgan fingerprint density at radius 2 is 1.96 bits per heavy atom. The van der Waals surface area contributed by atoms with E-state index in [0.717, 1.165) is 33.8 Å². The number of fused-ring (bicyclic) bond motifs is 1. The van der Waals surface area contributed by atoms with Crippen LogP contribution in [0.15, 0.2) is 65.6 Å². The van der Waals surface area contributed by atoms with Crippen molar-refractivity contribution in [3.05, 3.63) is 61.2 Å². The van der Waals surface area contributed by atoms with Crippen molar-refractivity contribution in [2.75, 3.05) is 19.0 Å². The highest BCUT2D eigenvalue weighted by Gasteiger charge is 2.10. The van der Waals surface area contributed by atoms with Crippen molar-refractivity contribution in [3.63, 3.8) is 0 Å². The van der Waals surface area contributed by atoms with E-state index in [1.807, 2.05) is 49.1 Å². The monoisotopic (exact) mass is 304 g/mol. The molecular weight excluding hydrogens is 288 g/mol. The predicted molar refractivity (Wildman–Crippen MR) is 90.5 cm³/mol. The first-order valence-corrected chi connectivity index (χ1v) is 7.37. The first-order valence-electron chi connectivity index (χ1n) is 7.37. The molecule has 0 spiro atoms. The molecule has 0 aliphatic rings. The van der Waals surface area contributed by atoms with Gasteiger partial charge in [-0.15, -0.1) is 0 Å². The van der Waals surface area contributed by atoms with Gasteiger partial charge in [-0.1, -0.05) is 12.1 Å². The Balaban J connectivity index is 1.85. The minimum atomic E-state index is 0.814. The lowest BCUT2D eigenvalue weighted by molar-refractivity contribution is 0.568. The second-order valence-corrected chi connectivity index (χ2v) is 5.59. The number of furan rings is 1. The van der Waals surface area contributed by atoms with Crippen LogP contribution >= 0.6 is 0 Å². The van der Waals surface area contributed by atoms with Gasteiger partial charge >= 0.3 is 0 Å². The van der Waals surface area contributed by atoms with E-state index in [9.17, 15) is 0 Å². The zero-order chi connectivity index (χ0) is 15.8. The van der Waals surface area contributed by atoms with E-state index < -0.39 is 0 Å². The number of imidazole rings is 1. The molecule has 5 nitrogen and oxygen atoms in total. The van der Waals surface area contributed by atoms with Gasteiger partial charge in [0.1, 0.15) is 0 Å². The fraction of sp³-hybridized carbons (Fsp3) is 0.111. The second kappa shape index (κ2) is 5.28. The molecule has 3 heterocycles. The zero-order valence-electron chi connectivity index (χ0n) is 13.0. The lowest BCUT2D eigenvalue weighted by Crippen LogP contribution is -2.08. The molecule has 0 aliphatic heterocycles. The lowest BCUT2D eigenvalue weighted by atomic mass is 10.1. The number of rotatable bonds is 3. The minimum absolute atomic E-state index is 0.814. The number of nitrogens with zero attached hydrogens (tertiary/aromatic N) is 4. The molecule has 0 radical (unpaired) electrons. The standard InChI is InChI=1S/C18H16N4O/c1-21(2)15-5-3-4-13(10-15)16-6-7-18-19-11-17(22(18)20-16)14-8-9-23-12-14/h3-12H,1-2H3. The molecule has 1 aromatic carbocycles. The molecule has 0 atom stereocenters. The summed E-state index contributed by atoms with van der Waals surface area (Å²) in [7, 11) is 4.06. The normalized spacial score (nSPS) is 11.0. The summed E-state index contributed by atoms with van der Waals surface area (Å²) in [5.74, 6) is 0. The highest BCUT2D eigenvalue weighted by Crippen LogP contribution is 2.25. The molecule has 5 heteroatoms. The third kappa shape index (κ3) is 2.36. The molecule has 0 unspecified atom stereocenters. The van der Waals surface area contributed by atoms with E-state index in [2.05, 4.69) is 28.1 Å². The van der Waals surface area contributed by atoms with E-state index in [1.54, 1.807) is 12.5 Å². The van der Waals surface area contributed by atoms with Gasteiger partial charge in [0.05, 0.1) is 30.1 Å². The van der Waals surface area contributed by atoms with Crippen LogP contribution in [0.5, 0.6) is 0 Å². The highest BCUT2D eigenvalue weighted by atomic mass is 16.3. The Kier molecular flexibility index (Phi) is 3.12. The first-order chi connectivity index (χ1) is 11.2. The quantitative estimate of drug-likeness (QED) is 0.578. The second-order valence-electron chi connectivity index (χ2n) is 5.59. The Morgan fingerprint density at radius 3 is 2.74 bits per heavy atom. The summed E-state index contributed by atoms with van der Waals surface area (Å²) < 4.78 is 7.02. The van der Waals surface area contributed by atoms with Crippen molar-refractivity contribution in [3.8, 4) is 22.5 Å². The molecule has 114 valence electrons. The van der Waals surface area contributed by atoms with Crippen LogP contribution in [0, 0.1) is 0 Å². The number of anilines is 1. The van der Waals surface area contributed by atoms with E-state index in [4.69, 9.17) is 9.52 Å².